The number of ether oxygens (including phenoxy) is 2. The third-order valence-electron chi connectivity index (χ3n) is 5.77. The highest BCUT2D eigenvalue weighted by molar-refractivity contribution is 7.22. The molecule has 186 valence electrons. The van der Waals surface area contributed by atoms with Crippen molar-refractivity contribution >= 4 is 56.1 Å². The van der Waals surface area contributed by atoms with Crippen molar-refractivity contribution in [2.45, 2.75) is 0 Å². The van der Waals surface area contributed by atoms with Gasteiger partial charge in [0.25, 0.3) is 0 Å². The van der Waals surface area contributed by atoms with Gasteiger partial charge in [0.2, 0.25) is 0 Å². The first-order valence-corrected chi connectivity index (χ1v) is 13.0. The van der Waals surface area contributed by atoms with Gasteiger partial charge in [0.05, 0.1) is 51.4 Å². The van der Waals surface area contributed by atoms with Crippen LogP contribution in [0.5, 0.6) is 11.5 Å². The lowest BCUT2D eigenvalue weighted by atomic mass is 10.1. The van der Waals surface area contributed by atoms with Gasteiger partial charge in [-0.25, -0.2) is 0 Å². The summed E-state index contributed by atoms with van der Waals surface area (Å²) in [6, 6.07) is 23.2. The molecule has 2 aromatic heterocycles. The average Bonchev–Trinajstić information content (AvgIpc) is 3.39. The van der Waals surface area contributed by atoms with E-state index in [0.717, 1.165) is 37.5 Å². The number of nitrogens with zero attached hydrogens (tertiary/aromatic N) is 2. The number of halogens is 2. The van der Waals surface area contributed by atoms with Crippen LogP contribution in [-0.4, -0.2) is 19.2 Å². The zero-order valence-electron chi connectivity index (χ0n) is 20.3. The summed E-state index contributed by atoms with van der Waals surface area (Å²) in [6.07, 6.45) is 1.56. The number of anilines is 2. The summed E-state index contributed by atoms with van der Waals surface area (Å²) in [4.78, 5) is 5.52. The number of methoxy groups -OCH3 is 2. The van der Waals surface area contributed by atoms with Crippen LogP contribution in [0.2, 0.25) is 10.0 Å². The highest BCUT2D eigenvalue weighted by atomic mass is 35.5. The minimum absolute atomic E-state index is 0.402. The van der Waals surface area contributed by atoms with Crippen molar-refractivity contribution < 1.29 is 9.47 Å². The molecule has 3 aromatic carbocycles. The second kappa shape index (κ2) is 11.0. The summed E-state index contributed by atoms with van der Waals surface area (Å²) in [7, 11) is 3.17. The van der Waals surface area contributed by atoms with Crippen LogP contribution in [0.1, 0.15) is 16.7 Å². The largest absolute Gasteiger partial charge is 0.497 e. The maximum atomic E-state index is 9.76. The van der Waals surface area contributed by atoms with E-state index in [1.807, 2.05) is 54.6 Å². The molecule has 0 aliphatic heterocycles. The van der Waals surface area contributed by atoms with Crippen molar-refractivity contribution in [2.24, 2.45) is 0 Å². The van der Waals surface area contributed by atoms with E-state index in [1.54, 1.807) is 25.4 Å². The molecule has 5 rings (SSSR count). The second-order valence-electron chi connectivity index (χ2n) is 8.13. The fourth-order valence-corrected chi connectivity index (χ4v) is 5.41. The maximum absolute atomic E-state index is 9.76. The molecule has 0 bridgehead atoms. The lowest BCUT2D eigenvalue weighted by molar-refractivity contribution is 0.415. The van der Waals surface area contributed by atoms with Gasteiger partial charge in [0, 0.05) is 28.3 Å². The topological polar surface area (TPSA) is 67.2 Å². The third-order valence-corrected chi connectivity index (χ3v) is 7.57. The Balaban J connectivity index is 1.46. The summed E-state index contributed by atoms with van der Waals surface area (Å²) in [5, 5.41) is 13.9. The van der Waals surface area contributed by atoms with Crippen LogP contribution in [0.4, 0.5) is 11.4 Å². The van der Waals surface area contributed by atoms with Crippen molar-refractivity contribution in [3.8, 4) is 39.8 Å². The Hall–Kier alpha value is -4.20. The molecule has 5 aromatic rings. The Labute approximate surface area is 234 Å². The Morgan fingerprint density at radius 1 is 0.868 bits per heavy atom. The molecule has 38 heavy (non-hydrogen) atoms. The normalized spacial score (nSPS) is 10.4. The lowest BCUT2D eigenvalue weighted by Crippen LogP contribution is -1.97. The summed E-state index contributed by atoms with van der Waals surface area (Å²) in [5.41, 5.74) is 5.22. The molecule has 0 unspecified atom stereocenters. The quantitative estimate of drug-likeness (QED) is 0.221. The van der Waals surface area contributed by atoms with E-state index >= 15 is 0 Å². The summed E-state index contributed by atoms with van der Waals surface area (Å²) in [6.45, 7) is 0. The number of benzene rings is 3. The molecule has 2 heterocycles. The van der Waals surface area contributed by atoms with Gasteiger partial charge in [-0.05, 0) is 54.1 Å². The van der Waals surface area contributed by atoms with Gasteiger partial charge in [0.1, 0.15) is 17.6 Å². The van der Waals surface area contributed by atoms with Crippen LogP contribution in [0, 0.1) is 23.2 Å². The molecule has 0 saturated carbocycles. The Bertz CT molecular complexity index is 1750. The van der Waals surface area contributed by atoms with Gasteiger partial charge in [0.15, 0.2) is 0 Å². The molecule has 0 spiro atoms. The van der Waals surface area contributed by atoms with E-state index < -0.39 is 0 Å². The molecule has 1 N–H and O–H groups in total. The van der Waals surface area contributed by atoms with Crippen molar-refractivity contribution in [1.82, 2.24) is 4.98 Å². The first-order chi connectivity index (χ1) is 18.5. The zero-order chi connectivity index (χ0) is 26.6. The van der Waals surface area contributed by atoms with E-state index in [1.165, 1.54) is 18.4 Å². The van der Waals surface area contributed by atoms with Crippen molar-refractivity contribution in [3.05, 3.63) is 99.7 Å². The van der Waals surface area contributed by atoms with Crippen molar-refractivity contribution in [3.63, 3.8) is 0 Å². The SMILES string of the molecule is COc1ccc(C#Cc2ccc(-c3cc4ncc(C#N)c(Nc5cc(OC)c(Cl)cc5Cl)c4s3)cc2)cc1. The molecule has 0 radical (unpaired) electrons. The minimum Gasteiger partial charge on any atom is -0.497 e. The molecule has 5 nitrogen and oxygen atoms in total. The van der Waals surface area contributed by atoms with Crippen LogP contribution < -0.4 is 14.8 Å². The number of rotatable bonds is 5. The fourth-order valence-electron chi connectivity index (χ4n) is 3.78. The van der Waals surface area contributed by atoms with Gasteiger partial charge in [-0.3, -0.25) is 4.98 Å². The minimum atomic E-state index is 0.402. The van der Waals surface area contributed by atoms with Gasteiger partial charge >= 0.3 is 0 Å². The molecule has 0 saturated heterocycles. The number of hydrogen-bond donors (Lipinski definition) is 1. The van der Waals surface area contributed by atoms with Gasteiger partial charge in [-0.1, -0.05) is 47.2 Å². The Kier molecular flexibility index (Phi) is 7.40. The molecule has 0 aliphatic carbocycles. The number of pyridine rings is 1. The van der Waals surface area contributed by atoms with Crippen molar-refractivity contribution in [2.75, 3.05) is 19.5 Å². The number of nitriles is 1. The van der Waals surface area contributed by atoms with Crippen LogP contribution in [0.15, 0.2) is 72.9 Å². The third kappa shape index (κ3) is 5.25. The van der Waals surface area contributed by atoms with E-state index in [2.05, 4.69) is 28.2 Å². The zero-order valence-corrected chi connectivity index (χ0v) is 22.6. The average molecular weight is 556 g/mol. The smallest absolute Gasteiger partial charge is 0.139 e. The van der Waals surface area contributed by atoms with E-state index in [9.17, 15) is 5.26 Å². The summed E-state index contributed by atoms with van der Waals surface area (Å²) < 4.78 is 11.4. The second-order valence-corrected chi connectivity index (χ2v) is 10.00. The van der Waals surface area contributed by atoms with E-state index in [4.69, 9.17) is 32.7 Å². The lowest BCUT2D eigenvalue weighted by Gasteiger charge is -2.13. The van der Waals surface area contributed by atoms with Crippen LogP contribution in [0.3, 0.4) is 0 Å². The molecule has 0 fully saturated rings. The van der Waals surface area contributed by atoms with E-state index in [0.29, 0.717) is 32.7 Å². The van der Waals surface area contributed by atoms with Gasteiger partial charge in [-0.15, -0.1) is 11.3 Å². The highest BCUT2D eigenvalue weighted by Crippen LogP contribution is 2.41. The number of aromatic nitrogens is 1. The van der Waals surface area contributed by atoms with E-state index in [-0.39, 0.29) is 0 Å². The fraction of sp³-hybridized carbons (Fsp3) is 0.0667. The first-order valence-electron chi connectivity index (χ1n) is 11.4. The number of fused-ring (bicyclic) bond motifs is 1. The number of nitrogens with one attached hydrogen (secondary N) is 1. The summed E-state index contributed by atoms with van der Waals surface area (Å²) in [5.74, 6) is 7.64. The van der Waals surface area contributed by atoms with Crippen molar-refractivity contribution in [1.29, 1.82) is 5.26 Å². The maximum Gasteiger partial charge on any atom is 0.139 e. The Morgan fingerprint density at radius 3 is 2.18 bits per heavy atom. The predicted molar refractivity (Wildman–Crippen MR) is 155 cm³/mol. The monoisotopic (exact) mass is 555 g/mol. The molecular formula is C30H19Cl2N3O2S. The van der Waals surface area contributed by atoms with Gasteiger partial charge in [-0.2, -0.15) is 5.26 Å². The molecule has 0 aliphatic rings. The van der Waals surface area contributed by atoms with Crippen LogP contribution in [0.25, 0.3) is 20.7 Å². The predicted octanol–water partition coefficient (Wildman–Crippen LogP) is 8.30. The molecular weight excluding hydrogens is 537 g/mol. The van der Waals surface area contributed by atoms with Crippen LogP contribution >= 0.6 is 34.5 Å². The number of hydrogen-bond acceptors (Lipinski definition) is 6. The van der Waals surface area contributed by atoms with Gasteiger partial charge < -0.3 is 14.8 Å². The van der Waals surface area contributed by atoms with Crippen LogP contribution in [-0.2, 0) is 0 Å². The molecule has 8 heteroatoms. The Morgan fingerprint density at radius 2 is 1.55 bits per heavy atom. The molecule has 0 atom stereocenters. The first kappa shape index (κ1) is 25.4. The number of thiophene rings is 1. The summed E-state index contributed by atoms with van der Waals surface area (Å²) >= 11 is 14.2. The molecule has 0 amide bonds. The highest BCUT2D eigenvalue weighted by Gasteiger charge is 2.16. The standard InChI is InChI=1S/C30H19Cl2N3O2S/c1-36-22-11-7-19(8-12-22)4-3-18-5-9-20(10-6-18)28-15-26-30(38-28)29(21(16-33)17-34-26)35-25-14-27(37-2)24(32)13-23(25)31/h5-15,17H,1-2H3,(H,34,35).